The lowest BCUT2D eigenvalue weighted by Crippen LogP contribution is -2.71. The summed E-state index contributed by atoms with van der Waals surface area (Å²) in [5, 5.41) is 18.6. The maximum absolute atomic E-state index is 12.8. The van der Waals surface area contributed by atoms with Gasteiger partial charge in [-0.2, -0.15) is 0 Å². The summed E-state index contributed by atoms with van der Waals surface area (Å²) < 4.78 is 4.43. The van der Waals surface area contributed by atoms with Crippen LogP contribution in [-0.2, 0) is 28.8 Å². The third kappa shape index (κ3) is 8.79. The number of anilines is 1. The highest BCUT2D eigenvalue weighted by Gasteiger charge is 2.53. The third-order valence-corrected chi connectivity index (χ3v) is 7.25. The minimum Gasteiger partial charge on any atom is -0.543 e. The molecule has 3 heterocycles. The average molecular weight is 597 g/mol. The number of ether oxygens (including phenoxy) is 1. The molecule has 0 spiro atoms. The monoisotopic (exact) mass is 596 g/mol. The van der Waals surface area contributed by atoms with Crippen LogP contribution in [0.2, 0.25) is 0 Å². The molecule has 0 bridgehead atoms. The number of amides is 2. The number of thioether (sulfide) groups is 1. The van der Waals surface area contributed by atoms with Gasteiger partial charge < -0.3 is 36.3 Å². The molecule has 2 aliphatic heterocycles. The number of hydrogen-bond acceptors (Lipinski definition) is 12. The van der Waals surface area contributed by atoms with Crippen molar-refractivity contribution in [2.75, 3.05) is 25.2 Å². The van der Waals surface area contributed by atoms with Gasteiger partial charge in [0, 0.05) is 17.6 Å². The zero-order valence-corrected chi connectivity index (χ0v) is 25.1. The van der Waals surface area contributed by atoms with Crippen LogP contribution in [0.4, 0.5) is 5.13 Å². The molecule has 1 aromatic heterocycles. The Morgan fingerprint density at radius 2 is 2.00 bits per heavy atom. The molecule has 1 fully saturated rings. The summed E-state index contributed by atoms with van der Waals surface area (Å²) in [6.45, 7) is 14.1. The second-order valence-corrected chi connectivity index (χ2v) is 13.0. The van der Waals surface area contributed by atoms with Gasteiger partial charge in [0.15, 0.2) is 10.8 Å². The number of carboxylic acid groups (broad SMARTS) is 1. The molecule has 2 atom stereocenters. The summed E-state index contributed by atoms with van der Waals surface area (Å²) in [6.07, 6.45) is 2.53. The first-order chi connectivity index (χ1) is 18.5. The van der Waals surface area contributed by atoms with E-state index in [2.05, 4.69) is 67.1 Å². The summed E-state index contributed by atoms with van der Waals surface area (Å²) in [5.41, 5.74) is 10.2. The minimum atomic E-state index is -1.50. The van der Waals surface area contributed by atoms with E-state index in [-0.39, 0.29) is 33.5 Å². The molecule has 15 heteroatoms. The fourth-order valence-electron chi connectivity index (χ4n) is 4.24. The molecule has 0 aliphatic carbocycles. The second kappa shape index (κ2) is 13.3. The van der Waals surface area contributed by atoms with Crippen LogP contribution in [0, 0.1) is 5.41 Å². The van der Waals surface area contributed by atoms with Crippen molar-refractivity contribution in [2.45, 2.75) is 58.0 Å². The Bertz CT molecular complexity index is 1200. The SMILES string of the molecule is C=CC1=C(C(=O)[O-])N2C(=O)C(NC(=O)/C(=N\OCC(=O)OC)c3csc(N)n3)C2SC1.CC(C)(C)CC(C)(C)[NH3+]. The largest absolute Gasteiger partial charge is 0.543 e. The number of nitrogens with one attached hydrogen (secondary N) is 1. The van der Waals surface area contributed by atoms with Crippen molar-refractivity contribution >= 4 is 57.7 Å². The van der Waals surface area contributed by atoms with Gasteiger partial charge in [-0.15, -0.1) is 23.1 Å². The molecule has 220 valence electrons. The number of hydrogen-bond donors (Lipinski definition) is 3. The number of β-lactam (4-membered cyclic amide) rings is 1. The number of nitrogens with zero attached hydrogens (tertiary/aromatic N) is 3. The molecular formula is C25H36N6O7S2. The first-order valence-electron chi connectivity index (χ1n) is 12.1. The molecular weight excluding hydrogens is 560 g/mol. The molecule has 2 aliphatic rings. The van der Waals surface area contributed by atoms with E-state index >= 15 is 0 Å². The van der Waals surface area contributed by atoms with Crippen LogP contribution in [0.15, 0.2) is 34.5 Å². The number of fused-ring (bicyclic) bond motifs is 1. The standard InChI is InChI=1S/C17H17N5O7S2.C8H19N/c1-3-7-5-30-15-11(14(25)22(15)12(7)16(26)27)20-13(24)10(8-6-31-17(18)19-8)21-29-4-9(23)28-2;1-7(2,3)6-8(4,5)9/h3,6,11,15H,1,4-5H2,2H3,(H2,18,19)(H,20,24)(H,26,27);6,9H2,1-5H3/b21-10-;. The van der Waals surface area contributed by atoms with Crippen molar-refractivity contribution in [3.63, 3.8) is 0 Å². The quantitative estimate of drug-likeness (QED) is 0.146. The fraction of sp³-hybridized carbons (Fsp3) is 0.520. The maximum Gasteiger partial charge on any atom is 0.346 e. The van der Waals surface area contributed by atoms with E-state index < -0.39 is 41.8 Å². The number of carbonyl (C=O) groups is 4. The summed E-state index contributed by atoms with van der Waals surface area (Å²) in [5.74, 6) is -3.39. The highest BCUT2D eigenvalue weighted by molar-refractivity contribution is 8.00. The van der Waals surface area contributed by atoms with Gasteiger partial charge >= 0.3 is 5.97 Å². The lowest BCUT2D eigenvalue weighted by Gasteiger charge is -2.50. The number of aromatic nitrogens is 1. The molecule has 13 nitrogen and oxygen atoms in total. The number of oxime groups is 1. The lowest BCUT2D eigenvalue weighted by molar-refractivity contribution is -0.470. The average Bonchev–Trinajstić information content (AvgIpc) is 3.27. The molecule has 6 N–H and O–H groups in total. The normalized spacial score (nSPS) is 19.0. The Hall–Kier alpha value is -3.43. The number of aliphatic carboxylic acids is 1. The van der Waals surface area contributed by atoms with Gasteiger partial charge in [-0.25, -0.2) is 9.78 Å². The number of carbonyl (C=O) groups excluding carboxylic acids is 4. The minimum absolute atomic E-state index is 0.0778. The Morgan fingerprint density at radius 3 is 2.45 bits per heavy atom. The second-order valence-electron chi connectivity index (χ2n) is 11.0. The van der Waals surface area contributed by atoms with Crippen LogP contribution in [0.25, 0.3) is 0 Å². The van der Waals surface area contributed by atoms with Gasteiger partial charge in [-0.1, -0.05) is 38.6 Å². The number of allylic oxidation sites excluding steroid dienone is 1. The molecule has 40 heavy (non-hydrogen) atoms. The van der Waals surface area contributed by atoms with Crippen molar-refractivity contribution in [1.82, 2.24) is 15.2 Å². The Morgan fingerprint density at radius 1 is 1.35 bits per heavy atom. The molecule has 1 aromatic rings. The summed E-state index contributed by atoms with van der Waals surface area (Å²) >= 11 is 2.31. The van der Waals surface area contributed by atoms with Gasteiger partial charge in [0.2, 0.25) is 6.61 Å². The van der Waals surface area contributed by atoms with Crippen LogP contribution >= 0.6 is 23.1 Å². The zero-order valence-electron chi connectivity index (χ0n) is 23.4. The summed E-state index contributed by atoms with van der Waals surface area (Å²) in [6, 6.07) is -1.01. The Labute approximate surface area is 241 Å². The van der Waals surface area contributed by atoms with E-state index in [1.807, 2.05) is 0 Å². The summed E-state index contributed by atoms with van der Waals surface area (Å²) in [4.78, 5) is 57.9. The number of nitrogen functional groups attached to an aromatic ring is 1. The number of quaternary nitrogens is 1. The van der Waals surface area contributed by atoms with E-state index in [1.165, 1.54) is 29.6 Å². The Balaban J connectivity index is 0.000000536. The number of carboxylic acids is 1. The highest BCUT2D eigenvalue weighted by Crippen LogP contribution is 2.40. The molecule has 2 unspecified atom stereocenters. The molecule has 0 radical (unpaired) electrons. The number of methoxy groups -OCH3 is 1. The topological polar surface area (TPSA) is 204 Å². The predicted molar refractivity (Wildman–Crippen MR) is 149 cm³/mol. The maximum atomic E-state index is 12.8. The van der Waals surface area contributed by atoms with E-state index in [0.717, 1.165) is 23.3 Å². The van der Waals surface area contributed by atoms with E-state index in [4.69, 9.17) is 10.6 Å². The van der Waals surface area contributed by atoms with Crippen LogP contribution < -0.4 is 21.9 Å². The van der Waals surface area contributed by atoms with Gasteiger partial charge in [-0.05, 0) is 24.8 Å². The van der Waals surface area contributed by atoms with Crippen LogP contribution in [0.3, 0.4) is 0 Å². The lowest BCUT2D eigenvalue weighted by atomic mass is 9.82. The number of esters is 1. The third-order valence-electron chi connectivity index (χ3n) is 5.28. The smallest absolute Gasteiger partial charge is 0.346 e. The van der Waals surface area contributed by atoms with E-state index in [1.54, 1.807) is 0 Å². The van der Waals surface area contributed by atoms with Crippen molar-refractivity contribution in [3.8, 4) is 0 Å². The number of rotatable bonds is 9. The molecule has 3 rings (SSSR count). The van der Waals surface area contributed by atoms with Crippen molar-refractivity contribution in [2.24, 2.45) is 10.6 Å². The number of thiazole rings is 1. The molecule has 1 saturated heterocycles. The molecule has 0 saturated carbocycles. The van der Waals surface area contributed by atoms with Gasteiger partial charge in [0.25, 0.3) is 11.8 Å². The van der Waals surface area contributed by atoms with E-state index in [0.29, 0.717) is 11.0 Å². The fourth-order valence-corrected chi connectivity index (χ4v) is 6.13. The van der Waals surface area contributed by atoms with Gasteiger partial charge in [0.05, 0.1) is 24.3 Å². The predicted octanol–water partition coefficient (Wildman–Crippen LogP) is -0.348. The van der Waals surface area contributed by atoms with Crippen LogP contribution in [0.1, 0.15) is 46.7 Å². The first kappa shape index (κ1) is 32.8. The van der Waals surface area contributed by atoms with E-state index in [9.17, 15) is 24.3 Å². The molecule has 0 aromatic carbocycles. The highest BCUT2D eigenvalue weighted by atomic mass is 32.2. The van der Waals surface area contributed by atoms with Crippen molar-refractivity contribution in [1.29, 1.82) is 0 Å². The van der Waals surface area contributed by atoms with Gasteiger partial charge in [0.1, 0.15) is 17.1 Å². The van der Waals surface area contributed by atoms with Crippen molar-refractivity contribution in [3.05, 3.63) is 35.0 Å². The van der Waals surface area contributed by atoms with Crippen LogP contribution in [0.5, 0.6) is 0 Å². The first-order valence-corrected chi connectivity index (χ1v) is 14.1. The Kier molecular flexibility index (Phi) is 10.9. The zero-order chi connectivity index (χ0) is 30.4. The van der Waals surface area contributed by atoms with Crippen LogP contribution in [-0.4, -0.2) is 75.8 Å². The summed E-state index contributed by atoms with van der Waals surface area (Å²) in [7, 11) is 1.16. The van der Waals surface area contributed by atoms with Gasteiger partial charge in [-0.3, -0.25) is 14.5 Å². The molecule has 2 amide bonds. The number of nitrogens with two attached hydrogens (primary N) is 1. The van der Waals surface area contributed by atoms with Crippen molar-refractivity contribution < 1.29 is 39.6 Å².